The Morgan fingerprint density at radius 2 is 1.91 bits per heavy atom. The van der Waals surface area contributed by atoms with E-state index in [1.165, 1.54) is 11.8 Å². The highest BCUT2D eigenvalue weighted by Crippen LogP contribution is 2.34. The van der Waals surface area contributed by atoms with Crippen molar-refractivity contribution in [3.05, 3.63) is 35.4 Å². The standard InChI is InChI=1S/C15H19NO5S/c1-22-15(20-6-7-21-15)9-13(17)11-4-2-10(3-5-11)8-12(16)14(18)19/h2-5,12H,6-9,16H2,1H3,(H,18,19). The number of carboxylic acid groups (broad SMARTS) is 1. The van der Waals surface area contributed by atoms with Crippen LogP contribution < -0.4 is 5.73 Å². The third-order valence-corrected chi connectivity index (χ3v) is 4.47. The van der Waals surface area contributed by atoms with Crippen LogP contribution in [0, 0.1) is 0 Å². The van der Waals surface area contributed by atoms with Crippen LogP contribution in [-0.4, -0.2) is 47.5 Å². The number of benzene rings is 1. The maximum Gasteiger partial charge on any atom is 0.320 e. The van der Waals surface area contributed by atoms with Gasteiger partial charge in [0.1, 0.15) is 6.04 Å². The molecule has 0 radical (unpaired) electrons. The number of thioether (sulfide) groups is 1. The fourth-order valence-electron chi connectivity index (χ4n) is 2.19. The van der Waals surface area contributed by atoms with E-state index in [0.29, 0.717) is 18.8 Å². The van der Waals surface area contributed by atoms with E-state index < -0.39 is 17.1 Å². The number of Topliss-reactive ketones (excluding diaryl/α,β-unsaturated/α-hetero) is 1. The van der Waals surface area contributed by atoms with E-state index in [1.54, 1.807) is 24.3 Å². The molecule has 120 valence electrons. The number of carboxylic acids is 1. The van der Waals surface area contributed by atoms with E-state index >= 15 is 0 Å². The normalized spacial score (nSPS) is 18.1. The molecule has 1 unspecified atom stereocenters. The molecule has 1 aromatic carbocycles. The minimum absolute atomic E-state index is 0.0784. The van der Waals surface area contributed by atoms with Gasteiger partial charge in [0.25, 0.3) is 0 Å². The fourth-order valence-corrected chi connectivity index (χ4v) is 2.87. The number of rotatable bonds is 7. The van der Waals surface area contributed by atoms with E-state index in [0.717, 1.165) is 5.56 Å². The minimum Gasteiger partial charge on any atom is -0.480 e. The van der Waals surface area contributed by atoms with Crippen molar-refractivity contribution < 1.29 is 24.2 Å². The van der Waals surface area contributed by atoms with Crippen LogP contribution >= 0.6 is 11.8 Å². The first-order valence-electron chi connectivity index (χ1n) is 6.89. The first kappa shape index (κ1) is 17.0. The first-order chi connectivity index (χ1) is 10.5. The van der Waals surface area contributed by atoms with Gasteiger partial charge in [-0.15, -0.1) is 11.8 Å². The molecule has 1 heterocycles. The quantitative estimate of drug-likeness (QED) is 0.728. The summed E-state index contributed by atoms with van der Waals surface area (Å²) in [6, 6.07) is 5.85. The number of carbonyl (C=O) groups is 2. The highest BCUT2D eigenvalue weighted by Gasteiger charge is 2.38. The van der Waals surface area contributed by atoms with Crippen LogP contribution in [0.4, 0.5) is 0 Å². The molecular weight excluding hydrogens is 306 g/mol. The zero-order chi connectivity index (χ0) is 16.2. The summed E-state index contributed by atoms with van der Waals surface area (Å²) in [5.74, 6) is -1.12. The Bertz CT molecular complexity index is 539. The Morgan fingerprint density at radius 1 is 1.32 bits per heavy atom. The summed E-state index contributed by atoms with van der Waals surface area (Å²) < 4.78 is 11.0. The molecule has 1 aliphatic rings. The topological polar surface area (TPSA) is 98.9 Å². The lowest BCUT2D eigenvalue weighted by atomic mass is 10.0. The summed E-state index contributed by atoms with van der Waals surface area (Å²) in [6.45, 7) is 0.972. The maximum atomic E-state index is 12.3. The number of carbonyl (C=O) groups excluding carboxylic acids is 1. The Balaban J connectivity index is 2.00. The van der Waals surface area contributed by atoms with Gasteiger partial charge >= 0.3 is 5.97 Å². The van der Waals surface area contributed by atoms with Crippen LogP contribution in [0.25, 0.3) is 0 Å². The largest absolute Gasteiger partial charge is 0.480 e. The zero-order valence-corrected chi connectivity index (χ0v) is 13.1. The van der Waals surface area contributed by atoms with Gasteiger partial charge in [-0.2, -0.15) is 0 Å². The molecule has 7 heteroatoms. The van der Waals surface area contributed by atoms with Crippen molar-refractivity contribution in [1.82, 2.24) is 0 Å². The van der Waals surface area contributed by atoms with E-state index in [1.807, 2.05) is 6.26 Å². The lowest BCUT2D eigenvalue weighted by Crippen LogP contribution is -2.32. The lowest BCUT2D eigenvalue weighted by Gasteiger charge is -2.23. The van der Waals surface area contributed by atoms with Crippen LogP contribution in [0.1, 0.15) is 22.3 Å². The Kier molecular flexibility index (Phi) is 5.57. The molecule has 0 saturated carbocycles. The average Bonchev–Trinajstić information content (AvgIpc) is 2.97. The van der Waals surface area contributed by atoms with Gasteiger partial charge in [0.2, 0.25) is 5.12 Å². The summed E-state index contributed by atoms with van der Waals surface area (Å²) in [6.07, 6.45) is 2.21. The van der Waals surface area contributed by atoms with Gasteiger partial charge in [-0.3, -0.25) is 9.59 Å². The van der Waals surface area contributed by atoms with Crippen LogP contribution in [0.2, 0.25) is 0 Å². The number of hydrogen-bond acceptors (Lipinski definition) is 6. The van der Waals surface area contributed by atoms with Crippen LogP contribution in [0.15, 0.2) is 24.3 Å². The molecule has 1 aromatic rings. The molecule has 0 aromatic heterocycles. The van der Waals surface area contributed by atoms with Crippen LogP contribution in [0.5, 0.6) is 0 Å². The monoisotopic (exact) mass is 325 g/mol. The van der Waals surface area contributed by atoms with Crippen molar-refractivity contribution in [2.24, 2.45) is 5.73 Å². The zero-order valence-electron chi connectivity index (χ0n) is 12.3. The number of aliphatic carboxylic acids is 1. The number of ketones is 1. The van der Waals surface area contributed by atoms with Gasteiger partial charge in [-0.1, -0.05) is 24.3 Å². The van der Waals surface area contributed by atoms with Crippen molar-refractivity contribution in [3.63, 3.8) is 0 Å². The van der Waals surface area contributed by atoms with Gasteiger partial charge in [-0.05, 0) is 18.2 Å². The molecule has 1 saturated heterocycles. The molecule has 0 amide bonds. The second-order valence-corrected chi connectivity index (χ2v) is 6.06. The first-order valence-corrected chi connectivity index (χ1v) is 8.12. The summed E-state index contributed by atoms with van der Waals surface area (Å²) in [5.41, 5.74) is 6.81. The maximum absolute atomic E-state index is 12.3. The molecule has 1 fully saturated rings. The number of ether oxygens (including phenoxy) is 2. The molecule has 2 rings (SSSR count). The van der Waals surface area contributed by atoms with Gasteiger partial charge < -0.3 is 20.3 Å². The summed E-state index contributed by atoms with van der Waals surface area (Å²) >= 11 is 1.37. The van der Waals surface area contributed by atoms with Gasteiger partial charge in [0.15, 0.2) is 5.78 Å². The van der Waals surface area contributed by atoms with Crippen molar-refractivity contribution in [2.75, 3.05) is 19.5 Å². The van der Waals surface area contributed by atoms with Gasteiger partial charge in [-0.25, -0.2) is 0 Å². The fraction of sp³-hybridized carbons (Fsp3) is 0.467. The smallest absolute Gasteiger partial charge is 0.320 e. The molecule has 0 aliphatic carbocycles. The summed E-state index contributed by atoms with van der Waals surface area (Å²) in [5, 5.41) is 7.90. The summed E-state index contributed by atoms with van der Waals surface area (Å²) in [7, 11) is 0. The van der Waals surface area contributed by atoms with Crippen molar-refractivity contribution in [3.8, 4) is 0 Å². The highest BCUT2D eigenvalue weighted by atomic mass is 32.2. The van der Waals surface area contributed by atoms with Crippen molar-refractivity contribution in [1.29, 1.82) is 0 Å². The Hall–Kier alpha value is -1.41. The van der Waals surface area contributed by atoms with Gasteiger partial charge in [0.05, 0.1) is 19.6 Å². The van der Waals surface area contributed by atoms with Crippen LogP contribution in [-0.2, 0) is 20.7 Å². The van der Waals surface area contributed by atoms with E-state index in [9.17, 15) is 9.59 Å². The molecule has 1 aliphatic heterocycles. The number of nitrogens with two attached hydrogens (primary N) is 1. The molecular formula is C15H19NO5S. The molecule has 3 N–H and O–H groups in total. The average molecular weight is 325 g/mol. The minimum atomic E-state index is -1.04. The van der Waals surface area contributed by atoms with Crippen LogP contribution in [0.3, 0.4) is 0 Å². The van der Waals surface area contributed by atoms with Crippen molar-refractivity contribution >= 4 is 23.5 Å². The molecule has 0 spiro atoms. The Morgan fingerprint density at radius 3 is 2.41 bits per heavy atom. The summed E-state index contributed by atoms with van der Waals surface area (Å²) in [4.78, 5) is 23.0. The third-order valence-electron chi connectivity index (χ3n) is 3.46. The predicted molar refractivity (Wildman–Crippen MR) is 82.9 cm³/mol. The molecule has 0 bridgehead atoms. The highest BCUT2D eigenvalue weighted by molar-refractivity contribution is 7.99. The van der Waals surface area contributed by atoms with E-state index in [2.05, 4.69) is 0 Å². The number of hydrogen-bond donors (Lipinski definition) is 2. The second-order valence-electron chi connectivity index (χ2n) is 5.03. The van der Waals surface area contributed by atoms with E-state index in [4.69, 9.17) is 20.3 Å². The molecule has 6 nitrogen and oxygen atoms in total. The van der Waals surface area contributed by atoms with Gasteiger partial charge in [0, 0.05) is 5.56 Å². The molecule has 1 atom stereocenters. The Labute approximate surface area is 133 Å². The second kappa shape index (κ2) is 7.23. The SMILES string of the molecule is CSC1(CC(=O)c2ccc(CC(N)C(=O)O)cc2)OCCO1. The van der Waals surface area contributed by atoms with E-state index in [-0.39, 0.29) is 18.6 Å². The van der Waals surface area contributed by atoms with Crippen molar-refractivity contribution in [2.45, 2.75) is 24.0 Å². The predicted octanol–water partition coefficient (Wildman–Crippen LogP) is 1.28. The molecule has 22 heavy (non-hydrogen) atoms. The lowest BCUT2D eigenvalue weighted by molar-refractivity contribution is -0.138. The third kappa shape index (κ3) is 4.07.